The number of hydrogen-bond donors (Lipinski definition) is 1. The molecule has 0 aliphatic carbocycles. The zero-order valence-corrected chi connectivity index (χ0v) is 11.8. The predicted molar refractivity (Wildman–Crippen MR) is 77.9 cm³/mol. The van der Waals surface area contributed by atoms with Crippen LogP contribution in [0.2, 0.25) is 5.02 Å². The van der Waals surface area contributed by atoms with Crippen molar-refractivity contribution in [2.45, 2.75) is 11.8 Å². The Balaban J connectivity index is 2.02. The first-order valence-electron chi connectivity index (χ1n) is 6.07. The van der Waals surface area contributed by atoms with Crippen molar-refractivity contribution in [1.82, 2.24) is 0 Å². The number of hydrogen-bond acceptors (Lipinski definition) is 1. The standard InChI is InChI=1S/C15H10Cl2FNO/c16-10-2-1-3-11(18)14(10)15(17)8-4-5-12-9(6-8)7-13(20)19-12/h1-6,15H,7H2,(H,19,20). The fourth-order valence-corrected chi connectivity index (χ4v) is 3.01. The SMILES string of the molecule is O=C1Cc2cc(C(Cl)c3c(F)cccc3Cl)ccc2N1. The summed E-state index contributed by atoms with van der Waals surface area (Å²) in [6, 6.07) is 9.83. The third-order valence-electron chi connectivity index (χ3n) is 3.30. The van der Waals surface area contributed by atoms with Crippen LogP contribution in [-0.4, -0.2) is 5.91 Å². The Bertz CT molecular complexity index is 682. The van der Waals surface area contributed by atoms with Crippen LogP contribution in [-0.2, 0) is 11.2 Å². The van der Waals surface area contributed by atoms with Gasteiger partial charge >= 0.3 is 0 Å². The van der Waals surface area contributed by atoms with E-state index in [0.29, 0.717) is 17.0 Å². The number of rotatable bonds is 2. The summed E-state index contributed by atoms with van der Waals surface area (Å²) in [5.74, 6) is -0.487. The number of alkyl halides is 1. The topological polar surface area (TPSA) is 29.1 Å². The summed E-state index contributed by atoms with van der Waals surface area (Å²) in [4.78, 5) is 11.3. The summed E-state index contributed by atoms with van der Waals surface area (Å²) in [6.07, 6.45) is 0.317. The summed E-state index contributed by atoms with van der Waals surface area (Å²) in [5.41, 5.74) is 2.62. The van der Waals surface area contributed by atoms with E-state index in [1.165, 1.54) is 12.1 Å². The number of carbonyl (C=O) groups is 1. The van der Waals surface area contributed by atoms with E-state index >= 15 is 0 Å². The Morgan fingerprint density at radius 3 is 2.80 bits per heavy atom. The van der Waals surface area contributed by atoms with Crippen LogP contribution in [0.4, 0.5) is 10.1 Å². The normalized spacial score (nSPS) is 14.8. The van der Waals surface area contributed by atoms with Gasteiger partial charge in [0, 0.05) is 16.3 Å². The molecule has 20 heavy (non-hydrogen) atoms. The molecule has 2 aromatic carbocycles. The first kappa shape index (κ1) is 13.4. The van der Waals surface area contributed by atoms with E-state index in [2.05, 4.69) is 5.32 Å². The van der Waals surface area contributed by atoms with Gasteiger partial charge in [-0.05, 0) is 29.3 Å². The van der Waals surface area contributed by atoms with Crippen molar-refractivity contribution in [3.63, 3.8) is 0 Å². The minimum atomic E-state index is -0.690. The van der Waals surface area contributed by atoms with Gasteiger partial charge in [-0.1, -0.05) is 29.8 Å². The quantitative estimate of drug-likeness (QED) is 0.823. The predicted octanol–water partition coefficient (Wildman–Crippen LogP) is 4.30. The van der Waals surface area contributed by atoms with Gasteiger partial charge in [-0.15, -0.1) is 11.6 Å². The number of halogens is 3. The van der Waals surface area contributed by atoms with Crippen molar-refractivity contribution < 1.29 is 9.18 Å². The fraction of sp³-hybridized carbons (Fsp3) is 0.133. The van der Waals surface area contributed by atoms with Gasteiger partial charge < -0.3 is 5.32 Å². The molecular weight excluding hydrogens is 300 g/mol. The Morgan fingerprint density at radius 2 is 2.05 bits per heavy atom. The maximum Gasteiger partial charge on any atom is 0.228 e. The third-order valence-corrected chi connectivity index (χ3v) is 4.10. The van der Waals surface area contributed by atoms with E-state index in [1.807, 2.05) is 6.07 Å². The van der Waals surface area contributed by atoms with Crippen molar-refractivity contribution in [3.05, 3.63) is 63.9 Å². The summed E-state index contributed by atoms with van der Waals surface area (Å²) >= 11 is 12.4. The van der Waals surface area contributed by atoms with E-state index < -0.39 is 11.2 Å². The molecule has 2 nitrogen and oxygen atoms in total. The van der Waals surface area contributed by atoms with Crippen molar-refractivity contribution in [2.24, 2.45) is 0 Å². The van der Waals surface area contributed by atoms with Crippen LogP contribution in [0.3, 0.4) is 0 Å². The summed E-state index contributed by atoms with van der Waals surface area (Å²) < 4.78 is 13.9. The van der Waals surface area contributed by atoms with Crippen LogP contribution >= 0.6 is 23.2 Å². The van der Waals surface area contributed by atoms with Crippen LogP contribution in [0.25, 0.3) is 0 Å². The Labute approximate surface area is 125 Å². The number of anilines is 1. The van der Waals surface area contributed by atoms with Crippen molar-refractivity contribution >= 4 is 34.8 Å². The maximum atomic E-state index is 13.9. The monoisotopic (exact) mass is 309 g/mol. The van der Waals surface area contributed by atoms with Gasteiger partial charge in [0.05, 0.1) is 11.8 Å². The average Bonchev–Trinajstić information content (AvgIpc) is 2.77. The molecule has 0 bridgehead atoms. The van der Waals surface area contributed by atoms with Gasteiger partial charge in [0.2, 0.25) is 5.91 Å². The summed E-state index contributed by atoms with van der Waals surface area (Å²) in [6.45, 7) is 0. The first-order valence-corrected chi connectivity index (χ1v) is 6.88. The molecule has 0 saturated carbocycles. The van der Waals surface area contributed by atoms with E-state index in [-0.39, 0.29) is 11.5 Å². The summed E-state index contributed by atoms with van der Waals surface area (Å²) in [7, 11) is 0. The highest BCUT2D eigenvalue weighted by atomic mass is 35.5. The Morgan fingerprint density at radius 1 is 1.25 bits per heavy atom. The highest BCUT2D eigenvalue weighted by Gasteiger charge is 2.22. The fourth-order valence-electron chi connectivity index (χ4n) is 2.33. The molecule has 1 atom stereocenters. The highest BCUT2D eigenvalue weighted by molar-refractivity contribution is 6.33. The lowest BCUT2D eigenvalue weighted by atomic mass is 10.0. The summed E-state index contributed by atoms with van der Waals surface area (Å²) in [5, 5.41) is 2.35. The minimum absolute atomic E-state index is 0.0489. The molecule has 0 spiro atoms. The molecule has 1 aliphatic rings. The molecule has 0 saturated heterocycles. The zero-order chi connectivity index (χ0) is 14.3. The third kappa shape index (κ3) is 2.28. The minimum Gasteiger partial charge on any atom is -0.326 e. The van der Waals surface area contributed by atoms with Crippen LogP contribution in [0, 0.1) is 5.82 Å². The molecule has 0 fully saturated rings. The Kier molecular flexibility index (Phi) is 3.40. The van der Waals surface area contributed by atoms with E-state index in [0.717, 1.165) is 11.3 Å². The molecule has 102 valence electrons. The van der Waals surface area contributed by atoms with Gasteiger partial charge in [-0.3, -0.25) is 4.79 Å². The molecular formula is C15H10Cl2FNO. The highest BCUT2D eigenvalue weighted by Crippen LogP contribution is 2.37. The maximum absolute atomic E-state index is 13.9. The number of carbonyl (C=O) groups excluding carboxylic acids is 1. The second kappa shape index (κ2) is 5.08. The molecule has 3 rings (SSSR count). The number of amides is 1. The molecule has 1 amide bonds. The van der Waals surface area contributed by atoms with Crippen LogP contribution in [0.15, 0.2) is 36.4 Å². The van der Waals surface area contributed by atoms with E-state index in [9.17, 15) is 9.18 Å². The number of fused-ring (bicyclic) bond motifs is 1. The molecule has 0 aromatic heterocycles. The van der Waals surface area contributed by atoms with Crippen molar-refractivity contribution in [2.75, 3.05) is 5.32 Å². The molecule has 5 heteroatoms. The van der Waals surface area contributed by atoms with Gasteiger partial charge in [0.15, 0.2) is 0 Å². The second-order valence-electron chi connectivity index (χ2n) is 4.64. The van der Waals surface area contributed by atoms with Crippen molar-refractivity contribution in [3.8, 4) is 0 Å². The smallest absolute Gasteiger partial charge is 0.228 e. The van der Waals surface area contributed by atoms with Crippen LogP contribution in [0.5, 0.6) is 0 Å². The molecule has 2 aromatic rings. The van der Waals surface area contributed by atoms with Gasteiger partial charge in [-0.2, -0.15) is 0 Å². The number of nitrogens with one attached hydrogen (secondary N) is 1. The second-order valence-corrected chi connectivity index (χ2v) is 5.48. The van der Waals surface area contributed by atoms with Crippen molar-refractivity contribution in [1.29, 1.82) is 0 Å². The largest absolute Gasteiger partial charge is 0.326 e. The first-order chi connectivity index (χ1) is 9.56. The average molecular weight is 310 g/mol. The van der Waals surface area contributed by atoms with Crippen LogP contribution in [0.1, 0.15) is 22.1 Å². The lowest BCUT2D eigenvalue weighted by molar-refractivity contribution is -0.115. The molecule has 1 heterocycles. The molecule has 1 N–H and O–H groups in total. The van der Waals surface area contributed by atoms with E-state index in [4.69, 9.17) is 23.2 Å². The van der Waals surface area contributed by atoms with Gasteiger partial charge in [0.1, 0.15) is 5.82 Å². The lowest BCUT2D eigenvalue weighted by Crippen LogP contribution is -2.03. The number of benzene rings is 2. The van der Waals surface area contributed by atoms with Crippen LogP contribution < -0.4 is 5.32 Å². The Hall–Kier alpha value is -1.58. The van der Waals surface area contributed by atoms with Gasteiger partial charge in [-0.25, -0.2) is 4.39 Å². The lowest BCUT2D eigenvalue weighted by Gasteiger charge is -2.14. The molecule has 0 radical (unpaired) electrons. The zero-order valence-electron chi connectivity index (χ0n) is 10.3. The molecule has 1 aliphatic heterocycles. The van der Waals surface area contributed by atoms with Gasteiger partial charge in [0.25, 0.3) is 0 Å². The van der Waals surface area contributed by atoms with E-state index in [1.54, 1.807) is 18.2 Å². The molecule has 1 unspecified atom stereocenters.